The standard InChI is InChI=1S/C21H29N3O/c1-17-8-11-24(12-9-17)16-20(25)15-22-14-18-5-4-6-19(13-18)21-7-2-3-10-23-21/h2-7,10,13,17,20,22,25H,8-9,11-12,14-16H2,1H3. The van der Waals surface area contributed by atoms with E-state index in [-0.39, 0.29) is 6.10 Å². The number of likely N-dealkylation sites (tertiary alicyclic amines) is 1. The Balaban J connectivity index is 1.44. The van der Waals surface area contributed by atoms with Crippen LogP contribution in [0.1, 0.15) is 25.3 Å². The van der Waals surface area contributed by atoms with Gasteiger partial charge in [-0.15, -0.1) is 0 Å². The summed E-state index contributed by atoms with van der Waals surface area (Å²) in [6.45, 7) is 6.70. The van der Waals surface area contributed by atoms with Crippen LogP contribution in [0.3, 0.4) is 0 Å². The fourth-order valence-electron chi connectivity index (χ4n) is 3.36. The summed E-state index contributed by atoms with van der Waals surface area (Å²) in [6, 6.07) is 14.4. The van der Waals surface area contributed by atoms with Crippen molar-refractivity contribution >= 4 is 0 Å². The minimum atomic E-state index is -0.313. The van der Waals surface area contributed by atoms with Crippen LogP contribution in [0.4, 0.5) is 0 Å². The van der Waals surface area contributed by atoms with E-state index in [1.807, 2.05) is 24.4 Å². The maximum Gasteiger partial charge on any atom is 0.0791 e. The van der Waals surface area contributed by atoms with Gasteiger partial charge in [0, 0.05) is 31.4 Å². The molecule has 1 aromatic carbocycles. The number of aliphatic hydroxyl groups is 1. The fraction of sp³-hybridized carbons (Fsp3) is 0.476. The van der Waals surface area contributed by atoms with E-state index >= 15 is 0 Å². The van der Waals surface area contributed by atoms with Gasteiger partial charge in [0.25, 0.3) is 0 Å². The number of hydrogen-bond acceptors (Lipinski definition) is 4. The van der Waals surface area contributed by atoms with Crippen LogP contribution in [-0.2, 0) is 6.54 Å². The van der Waals surface area contributed by atoms with E-state index in [0.717, 1.165) is 43.4 Å². The molecule has 1 aliphatic heterocycles. The predicted molar refractivity (Wildman–Crippen MR) is 102 cm³/mol. The van der Waals surface area contributed by atoms with E-state index < -0.39 is 0 Å². The van der Waals surface area contributed by atoms with Crippen molar-refractivity contribution in [3.05, 3.63) is 54.2 Å². The first-order chi connectivity index (χ1) is 12.2. The lowest BCUT2D eigenvalue weighted by molar-refractivity contribution is 0.0907. The second kappa shape index (κ2) is 9.09. The molecule has 0 radical (unpaired) electrons. The van der Waals surface area contributed by atoms with Crippen LogP contribution in [0, 0.1) is 5.92 Å². The van der Waals surface area contributed by atoms with Gasteiger partial charge in [-0.05, 0) is 55.6 Å². The average Bonchev–Trinajstić information content (AvgIpc) is 2.65. The van der Waals surface area contributed by atoms with Crippen LogP contribution in [-0.4, -0.2) is 47.3 Å². The van der Waals surface area contributed by atoms with Gasteiger partial charge in [-0.2, -0.15) is 0 Å². The summed E-state index contributed by atoms with van der Waals surface area (Å²) in [4.78, 5) is 6.79. The normalized spacial score (nSPS) is 17.5. The molecule has 134 valence electrons. The lowest BCUT2D eigenvalue weighted by Gasteiger charge is -2.31. The van der Waals surface area contributed by atoms with Crippen LogP contribution >= 0.6 is 0 Å². The Hall–Kier alpha value is -1.75. The Kier molecular flexibility index (Phi) is 6.56. The van der Waals surface area contributed by atoms with Crippen molar-refractivity contribution < 1.29 is 5.11 Å². The fourth-order valence-corrected chi connectivity index (χ4v) is 3.36. The summed E-state index contributed by atoms with van der Waals surface area (Å²) in [5.41, 5.74) is 3.33. The van der Waals surface area contributed by atoms with Gasteiger partial charge >= 0.3 is 0 Å². The highest BCUT2D eigenvalue weighted by Gasteiger charge is 2.17. The van der Waals surface area contributed by atoms with Crippen molar-refractivity contribution in [2.75, 3.05) is 26.2 Å². The molecule has 3 rings (SSSR count). The summed E-state index contributed by atoms with van der Waals surface area (Å²) in [5.74, 6) is 0.831. The third-order valence-corrected chi connectivity index (χ3v) is 4.94. The third-order valence-electron chi connectivity index (χ3n) is 4.94. The highest BCUT2D eigenvalue weighted by atomic mass is 16.3. The predicted octanol–water partition coefficient (Wildman–Crippen LogP) is 2.93. The lowest BCUT2D eigenvalue weighted by Crippen LogP contribution is -2.41. The van der Waals surface area contributed by atoms with Crippen molar-refractivity contribution in [3.63, 3.8) is 0 Å². The van der Waals surface area contributed by atoms with E-state index in [4.69, 9.17) is 0 Å². The quantitative estimate of drug-likeness (QED) is 0.814. The summed E-state index contributed by atoms with van der Waals surface area (Å²) >= 11 is 0. The van der Waals surface area contributed by atoms with Crippen molar-refractivity contribution in [1.82, 2.24) is 15.2 Å². The smallest absolute Gasteiger partial charge is 0.0791 e. The molecule has 1 saturated heterocycles. The molecule has 1 unspecified atom stereocenters. The van der Waals surface area contributed by atoms with E-state index in [9.17, 15) is 5.11 Å². The van der Waals surface area contributed by atoms with Crippen LogP contribution in [0.5, 0.6) is 0 Å². The van der Waals surface area contributed by atoms with Crippen LogP contribution in [0.2, 0.25) is 0 Å². The molecule has 0 spiro atoms. The number of rotatable bonds is 7. The number of pyridine rings is 1. The van der Waals surface area contributed by atoms with Gasteiger partial charge in [-0.1, -0.05) is 31.2 Å². The molecule has 4 nitrogen and oxygen atoms in total. The molecule has 1 fully saturated rings. The van der Waals surface area contributed by atoms with Gasteiger partial charge in [0.1, 0.15) is 0 Å². The number of nitrogens with one attached hydrogen (secondary N) is 1. The van der Waals surface area contributed by atoms with Gasteiger partial charge in [0.2, 0.25) is 0 Å². The molecule has 0 amide bonds. The monoisotopic (exact) mass is 339 g/mol. The highest BCUT2D eigenvalue weighted by molar-refractivity contribution is 5.59. The second-order valence-corrected chi connectivity index (χ2v) is 7.18. The average molecular weight is 339 g/mol. The Bertz CT molecular complexity index is 639. The van der Waals surface area contributed by atoms with E-state index in [0.29, 0.717) is 6.54 Å². The zero-order valence-electron chi connectivity index (χ0n) is 15.1. The molecule has 4 heteroatoms. The molecule has 25 heavy (non-hydrogen) atoms. The molecule has 2 aromatic rings. The van der Waals surface area contributed by atoms with Crippen molar-refractivity contribution in [1.29, 1.82) is 0 Å². The first-order valence-electron chi connectivity index (χ1n) is 9.32. The van der Waals surface area contributed by atoms with Crippen LogP contribution in [0.25, 0.3) is 11.3 Å². The zero-order chi connectivity index (χ0) is 17.5. The number of aliphatic hydroxyl groups excluding tert-OH is 1. The first-order valence-corrected chi connectivity index (χ1v) is 9.32. The van der Waals surface area contributed by atoms with Crippen molar-refractivity contribution in [2.24, 2.45) is 5.92 Å². The second-order valence-electron chi connectivity index (χ2n) is 7.18. The van der Waals surface area contributed by atoms with Gasteiger partial charge in [0.15, 0.2) is 0 Å². The van der Waals surface area contributed by atoms with Gasteiger partial charge in [0.05, 0.1) is 11.8 Å². The summed E-state index contributed by atoms with van der Waals surface area (Å²) in [5, 5.41) is 13.6. The first kappa shape index (κ1) is 18.1. The highest BCUT2D eigenvalue weighted by Crippen LogP contribution is 2.18. The molecule has 2 heterocycles. The maximum atomic E-state index is 10.3. The Morgan fingerprint density at radius 1 is 1.20 bits per heavy atom. The molecule has 1 atom stereocenters. The van der Waals surface area contributed by atoms with Gasteiger partial charge in [-0.25, -0.2) is 0 Å². The largest absolute Gasteiger partial charge is 0.390 e. The number of benzene rings is 1. The van der Waals surface area contributed by atoms with Crippen molar-refractivity contribution in [2.45, 2.75) is 32.4 Å². The zero-order valence-corrected chi connectivity index (χ0v) is 15.1. The molecular weight excluding hydrogens is 310 g/mol. The topological polar surface area (TPSA) is 48.4 Å². The molecule has 0 aliphatic carbocycles. The van der Waals surface area contributed by atoms with Gasteiger partial charge in [-0.3, -0.25) is 4.98 Å². The van der Waals surface area contributed by atoms with Gasteiger partial charge < -0.3 is 15.3 Å². The van der Waals surface area contributed by atoms with Crippen LogP contribution < -0.4 is 5.32 Å². The van der Waals surface area contributed by atoms with Crippen molar-refractivity contribution in [3.8, 4) is 11.3 Å². The minimum absolute atomic E-state index is 0.313. The molecule has 0 bridgehead atoms. The molecular formula is C21H29N3O. The Labute approximate surface area is 150 Å². The molecule has 1 aromatic heterocycles. The number of piperidine rings is 1. The van der Waals surface area contributed by atoms with E-state index in [2.05, 4.69) is 46.4 Å². The Morgan fingerprint density at radius 3 is 2.80 bits per heavy atom. The SMILES string of the molecule is CC1CCN(CC(O)CNCc2cccc(-c3ccccn3)c2)CC1. The summed E-state index contributed by atoms with van der Waals surface area (Å²) in [7, 11) is 0. The van der Waals surface area contributed by atoms with E-state index in [1.165, 1.54) is 18.4 Å². The maximum absolute atomic E-state index is 10.3. The molecule has 1 aliphatic rings. The van der Waals surface area contributed by atoms with Crippen LogP contribution in [0.15, 0.2) is 48.7 Å². The number of nitrogens with zero attached hydrogens (tertiary/aromatic N) is 2. The Morgan fingerprint density at radius 2 is 2.04 bits per heavy atom. The third kappa shape index (κ3) is 5.63. The minimum Gasteiger partial charge on any atom is -0.390 e. The molecule has 2 N–H and O–H groups in total. The summed E-state index contributed by atoms with van der Waals surface area (Å²) < 4.78 is 0. The number of β-amino-alcohol motifs (C(OH)–C–C–N with tert-alkyl or cyclic N) is 1. The van der Waals surface area contributed by atoms with E-state index in [1.54, 1.807) is 0 Å². The number of hydrogen-bond donors (Lipinski definition) is 2. The molecule has 0 saturated carbocycles. The lowest BCUT2D eigenvalue weighted by atomic mass is 9.99. The number of aromatic nitrogens is 1. The summed E-state index contributed by atoms with van der Waals surface area (Å²) in [6.07, 6.45) is 4.01.